The SMILES string of the molecule is CCCC(NC(N)=O)OC. The van der Waals surface area contributed by atoms with Crippen LogP contribution in [0, 0.1) is 0 Å². The number of carbonyl (C=O) groups is 1. The molecule has 0 radical (unpaired) electrons. The summed E-state index contributed by atoms with van der Waals surface area (Å²) >= 11 is 0. The van der Waals surface area contributed by atoms with Gasteiger partial charge in [0.15, 0.2) is 0 Å². The van der Waals surface area contributed by atoms with Crippen molar-refractivity contribution in [3.8, 4) is 0 Å². The molecule has 0 aromatic heterocycles. The van der Waals surface area contributed by atoms with Crippen molar-refractivity contribution >= 4 is 6.03 Å². The van der Waals surface area contributed by atoms with E-state index in [-0.39, 0.29) is 6.23 Å². The van der Waals surface area contributed by atoms with Gasteiger partial charge in [-0.3, -0.25) is 0 Å². The van der Waals surface area contributed by atoms with Gasteiger partial charge < -0.3 is 15.8 Å². The van der Waals surface area contributed by atoms with Gasteiger partial charge >= 0.3 is 6.03 Å². The van der Waals surface area contributed by atoms with Crippen molar-refractivity contribution in [2.75, 3.05) is 7.11 Å². The average Bonchev–Trinajstić information content (AvgIpc) is 1.86. The quantitative estimate of drug-likeness (QED) is 0.565. The minimum absolute atomic E-state index is 0.234. The van der Waals surface area contributed by atoms with Crippen molar-refractivity contribution < 1.29 is 9.53 Å². The number of hydrogen-bond donors (Lipinski definition) is 2. The summed E-state index contributed by atoms with van der Waals surface area (Å²) in [5.41, 5.74) is 4.87. The second kappa shape index (κ2) is 5.05. The molecule has 0 heterocycles. The summed E-state index contributed by atoms with van der Waals surface area (Å²) in [4.78, 5) is 10.3. The summed E-state index contributed by atoms with van der Waals surface area (Å²) in [5.74, 6) is 0. The number of ether oxygens (including phenoxy) is 1. The maximum Gasteiger partial charge on any atom is 0.314 e. The van der Waals surface area contributed by atoms with Crippen molar-refractivity contribution in [2.45, 2.75) is 26.0 Å². The smallest absolute Gasteiger partial charge is 0.314 e. The van der Waals surface area contributed by atoms with Gasteiger partial charge in [-0.25, -0.2) is 4.79 Å². The third-order valence-electron chi connectivity index (χ3n) is 1.14. The molecule has 1 atom stereocenters. The van der Waals surface area contributed by atoms with Gasteiger partial charge in [0.05, 0.1) is 0 Å². The standard InChI is InChI=1S/C6H14N2O2/c1-3-4-5(10-2)8-6(7)9/h5H,3-4H2,1-2H3,(H3,7,8,9). The van der Waals surface area contributed by atoms with Crippen LogP contribution in [0.5, 0.6) is 0 Å². The minimum Gasteiger partial charge on any atom is -0.362 e. The molecule has 0 rings (SSSR count). The highest BCUT2D eigenvalue weighted by Gasteiger charge is 2.05. The lowest BCUT2D eigenvalue weighted by atomic mass is 10.3. The lowest BCUT2D eigenvalue weighted by molar-refractivity contribution is 0.0753. The first-order chi connectivity index (χ1) is 4.70. The van der Waals surface area contributed by atoms with Crippen LogP contribution in [0.4, 0.5) is 4.79 Å². The molecule has 4 heteroatoms. The van der Waals surface area contributed by atoms with Crippen LogP contribution in [0.1, 0.15) is 19.8 Å². The largest absolute Gasteiger partial charge is 0.362 e. The zero-order valence-electron chi connectivity index (χ0n) is 6.39. The van der Waals surface area contributed by atoms with Crippen LogP contribution in [-0.2, 0) is 4.74 Å². The van der Waals surface area contributed by atoms with E-state index in [9.17, 15) is 4.79 Å². The fraction of sp³-hybridized carbons (Fsp3) is 0.833. The summed E-state index contributed by atoms with van der Waals surface area (Å²) < 4.78 is 4.89. The number of rotatable bonds is 4. The highest BCUT2D eigenvalue weighted by molar-refractivity contribution is 5.71. The predicted molar refractivity (Wildman–Crippen MR) is 38.4 cm³/mol. The maximum absolute atomic E-state index is 10.3. The number of nitrogens with two attached hydrogens (primary N) is 1. The van der Waals surface area contributed by atoms with Crippen molar-refractivity contribution in [1.82, 2.24) is 5.32 Å². The van der Waals surface area contributed by atoms with E-state index in [0.717, 1.165) is 12.8 Å². The molecule has 0 spiro atoms. The second-order valence-corrected chi connectivity index (χ2v) is 2.02. The Labute approximate surface area is 60.7 Å². The summed E-state index contributed by atoms with van der Waals surface area (Å²) in [6.07, 6.45) is 1.51. The zero-order chi connectivity index (χ0) is 7.98. The number of methoxy groups -OCH3 is 1. The van der Waals surface area contributed by atoms with Crippen LogP contribution < -0.4 is 11.1 Å². The zero-order valence-corrected chi connectivity index (χ0v) is 6.39. The van der Waals surface area contributed by atoms with E-state index in [0.29, 0.717) is 0 Å². The molecule has 60 valence electrons. The molecule has 0 aliphatic rings. The highest BCUT2D eigenvalue weighted by atomic mass is 16.5. The second-order valence-electron chi connectivity index (χ2n) is 2.02. The number of primary amides is 1. The molecule has 3 N–H and O–H groups in total. The van der Waals surface area contributed by atoms with Gasteiger partial charge in [-0.05, 0) is 6.42 Å². The first kappa shape index (κ1) is 9.23. The van der Waals surface area contributed by atoms with Crippen molar-refractivity contribution in [3.63, 3.8) is 0 Å². The third kappa shape index (κ3) is 4.14. The Morgan fingerprint density at radius 1 is 1.80 bits per heavy atom. The molecule has 0 saturated heterocycles. The fourth-order valence-corrected chi connectivity index (χ4v) is 0.670. The Morgan fingerprint density at radius 2 is 2.40 bits per heavy atom. The fourth-order valence-electron chi connectivity index (χ4n) is 0.670. The number of urea groups is 1. The summed E-state index contributed by atoms with van der Waals surface area (Å²) in [5, 5.41) is 2.45. The summed E-state index contributed by atoms with van der Waals surface area (Å²) in [6, 6.07) is -0.541. The molecule has 0 aromatic carbocycles. The first-order valence-electron chi connectivity index (χ1n) is 3.29. The number of carbonyl (C=O) groups excluding carboxylic acids is 1. The lowest BCUT2D eigenvalue weighted by Gasteiger charge is -2.13. The molecule has 0 aliphatic carbocycles. The molecule has 0 saturated carbocycles. The van der Waals surface area contributed by atoms with E-state index in [1.807, 2.05) is 6.92 Å². The molecule has 10 heavy (non-hydrogen) atoms. The number of amides is 2. The third-order valence-corrected chi connectivity index (χ3v) is 1.14. The summed E-state index contributed by atoms with van der Waals surface area (Å²) in [7, 11) is 1.54. The predicted octanol–water partition coefficient (Wildman–Crippen LogP) is 0.427. The van der Waals surface area contributed by atoms with E-state index < -0.39 is 6.03 Å². The normalized spacial score (nSPS) is 12.6. The molecule has 0 aliphatic heterocycles. The van der Waals surface area contributed by atoms with Gasteiger partial charge in [0, 0.05) is 7.11 Å². The molecule has 1 unspecified atom stereocenters. The van der Waals surface area contributed by atoms with E-state index in [1.54, 1.807) is 0 Å². The first-order valence-corrected chi connectivity index (χ1v) is 3.29. The molecular weight excluding hydrogens is 132 g/mol. The number of nitrogens with one attached hydrogen (secondary N) is 1. The van der Waals surface area contributed by atoms with Crippen LogP contribution in [-0.4, -0.2) is 19.4 Å². The topological polar surface area (TPSA) is 64.3 Å². The monoisotopic (exact) mass is 146 g/mol. The van der Waals surface area contributed by atoms with Gasteiger partial charge in [-0.1, -0.05) is 13.3 Å². The van der Waals surface area contributed by atoms with E-state index in [4.69, 9.17) is 10.5 Å². The van der Waals surface area contributed by atoms with Gasteiger partial charge in [-0.15, -0.1) is 0 Å². The van der Waals surface area contributed by atoms with Crippen LogP contribution in [0.3, 0.4) is 0 Å². The van der Waals surface area contributed by atoms with Crippen molar-refractivity contribution in [2.24, 2.45) is 5.73 Å². The Kier molecular flexibility index (Phi) is 4.66. The van der Waals surface area contributed by atoms with E-state index >= 15 is 0 Å². The van der Waals surface area contributed by atoms with Gasteiger partial charge in [0.1, 0.15) is 6.23 Å². The van der Waals surface area contributed by atoms with Gasteiger partial charge in [-0.2, -0.15) is 0 Å². The van der Waals surface area contributed by atoms with Crippen LogP contribution in [0.25, 0.3) is 0 Å². The Hall–Kier alpha value is -0.770. The Bertz CT molecular complexity index is 106. The Balaban J connectivity index is 3.49. The van der Waals surface area contributed by atoms with Gasteiger partial charge in [0.2, 0.25) is 0 Å². The van der Waals surface area contributed by atoms with Gasteiger partial charge in [0.25, 0.3) is 0 Å². The molecule has 0 aromatic rings. The van der Waals surface area contributed by atoms with Crippen LogP contribution in [0.2, 0.25) is 0 Å². The molecule has 4 nitrogen and oxygen atoms in total. The van der Waals surface area contributed by atoms with Crippen LogP contribution >= 0.6 is 0 Å². The minimum atomic E-state index is -0.541. The molecular formula is C6H14N2O2. The van der Waals surface area contributed by atoms with Crippen molar-refractivity contribution in [3.05, 3.63) is 0 Å². The van der Waals surface area contributed by atoms with Crippen LogP contribution in [0.15, 0.2) is 0 Å². The summed E-state index contributed by atoms with van der Waals surface area (Å²) in [6.45, 7) is 2.01. The molecule has 2 amide bonds. The highest BCUT2D eigenvalue weighted by Crippen LogP contribution is 1.95. The number of hydrogen-bond acceptors (Lipinski definition) is 2. The van der Waals surface area contributed by atoms with Crippen molar-refractivity contribution in [1.29, 1.82) is 0 Å². The molecule has 0 fully saturated rings. The Morgan fingerprint density at radius 3 is 2.70 bits per heavy atom. The lowest BCUT2D eigenvalue weighted by Crippen LogP contribution is -2.39. The van der Waals surface area contributed by atoms with E-state index in [1.165, 1.54) is 7.11 Å². The maximum atomic E-state index is 10.3. The molecule has 0 bridgehead atoms. The van der Waals surface area contributed by atoms with E-state index in [2.05, 4.69) is 5.32 Å². The average molecular weight is 146 g/mol.